The van der Waals surface area contributed by atoms with Gasteiger partial charge in [0.2, 0.25) is 0 Å². The molecule has 1 fully saturated rings. The number of aromatic nitrogens is 2. The van der Waals surface area contributed by atoms with Gasteiger partial charge < -0.3 is 20.1 Å². The summed E-state index contributed by atoms with van der Waals surface area (Å²) in [7, 11) is 0. The van der Waals surface area contributed by atoms with Crippen molar-refractivity contribution in [1.29, 1.82) is 0 Å². The number of ether oxygens (including phenoxy) is 1. The lowest BCUT2D eigenvalue weighted by atomic mass is 9.95. The Morgan fingerprint density at radius 1 is 1.63 bits per heavy atom. The van der Waals surface area contributed by atoms with E-state index >= 15 is 0 Å². The lowest BCUT2D eigenvalue weighted by molar-refractivity contribution is -0.0807. The van der Waals surface area contributed by atoms with Gasteiger partial charge in [-0.1, -0.05) is 0 Å². The molecule has 1 aliphatic rings. The number of rotatable bonds is 3. The third-order valence-corrected chi connectivity index (χ3v) is 3.21. The van der Waals surface area contributed by atoms with Gasteiger partial charge in [-0.3, -0.25) is 15.3 Å². The van der Waals surface area contributed by atoms with Crippen LogP contribution in [-0.2, 0) is 4.74 Å². The number of hydrogen-bond donors (Lipinski definition) is 5. The maximum absolute atomic E-state index is 11.7. The molecule has 0 bridgehead atoms. The van der Waals surface area contributed by atoms with Gasteiger partial charge in [-0.2, -0.15) is 4.98 Å². The molecule has 1 aromatic heterocycles. The van der Waals surface area contributed by atoms with Crippen molar-refractivity contribution < 1.29 is 25.3 Å². The summed E-state index contributed by atoms with van der Waals surface area (Å²) >= 11 is 0. The number of anilines is 1. The Morgan fingerprint density at radius 2 is 2.32 bits per heavy atom. The van der Waals surface area contributed by atoms with Crippen LogP contribution in [0.15, 0.2) is 17.1 Å². The Hall–Kier alpha value is -1.52. The molecule has 9 heteroatoms. The fraction of sp³-hybridized carbons (Fsp3) is 0.600. The van der Waals surface area contributed by atoms with Gasteiger partial charge in [-0.25, -0.2) is 4.79 Å². The van der Waals surface area contributed by atoms with E-state index in [1.54, 1.807) is 5.48 Å². The third-order valence-electron chi connectivity index (χ3n) is 3.21. The monoisotopic (exact) mass is 273 g/mol. The second kappa shape index (κ2) is 4.87. The van der Waals surface area contributed by atoms with Crippen molar-refractivity contribution in [1.82, 2.24) is 9.55 Å². The summed E-state index contributed by atoms with van der Waals surface area (Å²) in [5, 5.41) is 37.7. The maximum Gasteiger partial charge on any atom is 0.351 e. The van der Waals surface area contributed by atoms with Crippen molar-refractivity contribution in [2.24, 2.45) is 0 Å². The summed E-state index contributed by atoms with van der Waals surface area (Å²) in [4.78, 5) is 15.2. The van der Waals surface area contributed by atoms with Gasteiger partial charge in [0.25, 0.3) is 0 Å². The van der Waals surface area contributed by atoms with E-state index in [2.05, 4.69) is 4.98 Å². The first kappa shape index (κ1) is 13.9. The number of aliphatic hydroxyl groups excluding tert-OH is 2. The second-order valence-corrected chi connectivity index (χ2v) is 4.48. The highest BCUT2D eigenvalue weighted by Crippen LogP contribution is 2.35. The largest absolute Gasteiger partial charge is 0.394 e. The zero-order chi connectivity index (χ0) is 14.2. The molecule has 106 valence electrons. The molecule has 0 radical (unpaired) electrons. The molecule has 0 aliphatic carbocycles. The Balaban J connectivity index is 2.36. The normalized spacial score (nSPS) is 34.5. The van der Waals surface area contributed by atoms with Crippen molar-refractivity contribution in [2.75, 3.05) is 12.1 Å². The summed E-state index contributed by atoms with van der Waals surface area (Å²) in [5.74, 6) is -0.0563. The van der Waals surface area contributed by atoms with Crippen molar-refractivity contribution in [2.45, 2.75) is 31.0 Å². The van der Waals surface area contributed by atoms with E-state index < -0.39 is 36.3 Å². The minimum absolute atomic E-state index is 0.0563. The average molecular weight is 273 g/mol. The highest BCUT2D eigenvalue weighted by molar-refractivity contribution is 5.28. The van der Waals surface area contributed by atoms with Crippen LogP contribution in [0.1, 0.15) is 13.2 Å². The van der Waals surface area contributed by atoms with E-state index in [9.17, 15) is 15.0 Å². The average Bonchev–Trinajstić information content (AvgIpc) is 2.61. The molecule has 0 saturated carbocycles. The van der Waals surface area contributed by atoms with Crippen LogP contribution in [0.2, 0.25) is 0 Å². The lowest BCUT2D eigenvalue weighted by Gasteiger charge is -2.25. The van der Waals surface area contributed by atoms with E-state index in [4.69, 9.17) is 15.1 Å². The van der Waals surface area contributed by atoms with Gasteiger partial charge >= 0.3 is 5.69 Å². The molecule has 1 saturated heterocycles. The first-order valence-electron chi connectivity index (χ1n) is 5.58. The zero-order valence-corrected chi connectivity index (χ0v) is 10.1. The maximum atomic E-state index is 11.7. The molecule has 19 heavy (non-hydrogen) atoms. The highest BCUT2D eigenvalue weighted by atomic mass is 16.6. The molecule has 0 aromatic carbocycles. The summed E-state index contributed by atoms with van der Waals surface area (Å²) in [5.41, 5.74) is -0.752. The van der Waals surface area contributed by atoms with Crippen molar-refractivity contribution in [3.63, 3.8) is 0 Å². The van der Waals surface area contributed by atoms with Crippen LogP contribution in [0.5, 0.6) is 0 Å². The molecular formula is C10H15N3O6. The molecular weight excluding hydrogens is 258 g/mol. The Kier molecular flexibility index (Phi) is 3.56. The Bertz CT molecular complexity index is 516. The van der Waals surface area contributed by atoms with Gasteiger partial charge in [-0.15, -0.1) is 0 Å². The quantitative estimate of drug-likeness (QED) is 0.401. The minimum Gasteiger partial charge on any atom is -0.394 e. The van der Waals surface area contributed by atoms with Crippen LogP contribution in [0.4, 0.5) is 5.82 Å². The van der Waals surface area contributed by atoms with Crippen molar-refractivity contribution >= 4 is 5.82 Å². The first-order valence-corrected chi connectivity index (χ1v) is 5.58. The first-order chi connectivity index (χ1) is 8.91. The summed E-state index contributed by atoms with van der Waals surface area (Å²) in [6, 6.07) is 1.29. The van der Waals surface area contributed by atoms with E-state index in [1.165, 1.54) is 19.2 Å². The molecule has 5 N–H and O–H groups in total. The van der Waals surface area contributed by atoms with Gasteiger partial charge in [0.1, 0.15) is 17.8 Å². The molecule has 2 heterocycles. The van der Waals surface area contributed by atoms with Crippen LogP contribution < -0.4 is 11.2 Å². The number of nitrogens with one attached hydrogen (secondary N) is 1. The van der Waals surface area contributed by atoms with Crippen LogP contribution >= 0.6 is 0 Å². The zero-order valence-electron chi connectivity index (χ0n) is 10.1. The van der Waals surface area contributed by atoms with E-state index in [0.717, 1.165) is 4.57 Å². The molecule has 1 unspecified atom stereocenters. The van der Waals surface area contributed by atoms with Crippen LogP contribution in [0.3, 0.4) is 0 Å². The van der Waals surface area contributed by atoms with E-state index in [1.807, 2.05) is 0 Å². The number of nitrogens with zero attached hydrogens (tertiary/aromatic N) is 2. The molecule has 2 rings (SSSR count). The minimum atomic E-state index is -1.69. The summed E-state index contributed by atoms with van der Waals surface area (Å²) in [6.45, 7) is 0.805. The third kappa shape index (κ3) is 2.22. The second-order valence-electron chi connectivity index (χ2n) is 4.48. The van der Waals surface area contributed by atoms with Crippen molar-refractivity contribution in [3.8, 4) is 0 Å². The molecule has 1 aromatic rings. The number of aliphatic hydroxyl groups is 3. The topological polar surface area (TPSA) is 137 Å². The Morgan fingerprint density at radius 3 is 2.79 bits per heavy atom. The number of hydrogen-bond acceptors (Lipinski definition) is 8. The molecule has 9 nitrogen and oxygen atoms in total. The van der Waals surface area contributed by atoms with Crippen LogP contribution in [0, 0.1) is 0 Å². The summed E-state index contributed by atoms with van der Waals surface area (Å²) in [6.07, 6.45) is -2.34. The molecule has 0 amide bonds. The van der Waals surface area contributed by atoms with E-state index in [-0.39, 0.29) is 5.82 Å². The van der Waals surface area contributed by atoms with E-state index in [0.29, 0.717) is 0 Å². The molecule has 1 aliphatic heterocycles. The lowest BCUT2D eigenvalue weighted by Crippen LogP contribution is -2.46. The summed E-state index contributed by atoms with van der Waals surface area (Å²) < 4.78 is 6.24. The highest BCUT2D eigenvalue weighted by Gasteiger charge is 2.52. The van der Waals surface area contributed by atoms with Gasteiger partial charge in [-0.05, 0) is 13.0 Å². The fourth-order valence-corrected chi connectivity index (χ4v) is 1.97. The Labute approximate surface area is 107 Å². The predicted molar refractivity (Wildman–Crippen MR) is 61.5 cm³/mol. The van der Waals surface area contributed by atoms with Crippen LogP contribution in [-0.4, -0.2) is 54.5 Å². The molecule has 4 atom stereocenters. The van der Waals surface area contributed by atoms with Crippen LogP contribution in [0.25, 0.3) is 0 Å². The smallest absolute Gasteiger partial charge is 0.351 e. The van der Waals surface area contributed by atoms with Gasteiger partial charge in [0, 0.05) is 6.20 Å². The standard InChI is InChI=1S/C10H15N3O6/c1-10(17)5(4-14)19-8(7(10)15)13-3-2-6(12-18)11-9(13)16/h2-3,5,7-8,14-15,17-18H,4H2,1H3,(H,11,12,16)/t5-,7-,8-,10?/m1/s1. The molecule has 0 spiro atoms. The fourth-order valence-electron chi connectivity index (χ4n) is 1.97. The SMILES string of the molecule is CC1(O)[C@H](O)[C@H](n2ccc(NO)nc2=O)O[C@@H]1CO. The van der Waals surface area contributed by atoms with Gasteiger partial charge in [0.05, 0.1) is 6.61 Å². The van der Waals surface area contributed by atoms with Crippen molar-refractivity contribution in [3.05, 3.63) is 22.7 Å². The van der Waals surface area contributed by atoms with Gasteiger partial charge in [0.15, 0.2) is 12.0 Å². The predicted octanol–water partition coefficient (Wildman–Crippen LogP) is -1.95.